The summed E-state index contributed by atoms with van der Waals surface area (Å²) >= 11 is 0. The molecule has 0 spiro atoms. The van der Waals surface area contributed by atoms with Crippen LogP contribution in [0.4, 0.5) is 0 Å². The molecule has 0 saturated carbocycles. The van der Waals surface area contributed by atoms with Gasteiger partial charge in [0.15, 0.2) is 0 Å². The van der Waals surface area contributed by atoms with E-state index in [4.69, 9.17) is 10.8 Å². The summed E-state index contributed by atoms with van der Waals surface area (Å²) < 4.78 is 0. The predicted molar refractivity (Wildman–Crippen MR) is 59.7 cm³/mol. The molecule has 1 aromatic rings. The number of aliphatic carboxylic acids is 1. The van der Waals surface area contributed by atoms with Crippen LogP contribution >= 0.6 is 0 Å². The van der Waals surface area contributed by atoms with Gasteiger partial charge < -0.3 is 10.8 Å². The molecule has 0 amide bonds. The SMILES string of the molecule is CC(CC(N)CC(=O)O)c1ccccc1. The Morgan fingerprint density at radius 2 is 2.00 bits per heavy atom. The topological polar surface area (TPSA) is 63.3 Å². The van der Waals surface area contributed by atoms with Gasteiger partial charge in [0.25, 0.3) is 0 Å². The van der Waals surface area contributed by atoms with Gasteiger partial charge in [-0.3, -0.25) is 4.79 Å². The molecule has 82 valence electrons. The minimum absolute atomic E-state index is 0.0389. The highest BCUT2D eigenvalue weighted by Gasteiger charge is 2.13. The Bertz CT molecular complexity index is 311. The molecule has 0 radical (unpaired) electrons. The largest absolute Gasteiger partial charge is 0.481 e. The van der Waals surface area contributed by atoms with Crippen LogP contribution in [0.1, 0.15) is 31.2 Å². The number of carboxylic acid groups (broad SMARTS) is 1. The molecule has 2 atom stereocenters. The molecule has 0 aliphatic carbocycles. The molecule has 0 bridgehead atoms. The fraction of sp³-hybridized carbons (Fsp3) is 0.417. The van der Waals surface area contributed by atoms with Gasteiger partial charge in [0.05, 0.1) is 6.42 Å². The predicted octanol–water partition coefficient (Wildman–Crippen LogP) is 1.98. The second-order valence-corrected chi connectivity index (χ2v) is 3.91. The average Bonchev–Trinajstić information content (AvgIpc) is 2.17. The zero-order valence-electron chi connectivity index (χ0n) is 8.89. The Hall–Kier alpha value is -1.35. The fourth-order valence-corrected chi connectivity index (χ4v) is 1.68. The van der Waals surface area contributed by atoms with E-state index in [0.29, 0.717) is 12.3 Å². The van der Waals surface area contributed by atoms with Gasteiger partial charge in [0.1, 0.15) is 0 Å². The van der Waals surface area contributed by atoms with Crippen molar-refractivity contribution < 1.29 is 9.90 Å². The summed E-state index contributed by atoms with van der Waals surface area (Å²) in [5.41, 5.74) is 6.94. The summed E-state index contributed by atoms with van der Waals surface area (Å²) in [4.78, 5) is 10.4. The normalized spacial score (nSPS) is 14.5. The van der Waals surface area contributed by atoms with E-state index in [-0.39, 0.29) is 12.5 Å². The van der Waals surface area contributed by atoms with Crippen molar-refractivity contribution in [1.82, 2.24) is 0 Å². The minimum Gasteiger partial charge on any atom is -0.481 e. The Labute approximate surface area is 89.9 Å². The van der Waals surface area contributed by atoms with Crippen LogP contribution in [0.15, 0.2) is 30.3 Å². The molecule has 0 saturated heterocycles. The lowest BCUT2D eigenvalue weighted by molar-refractivity contribution is -0.137. The third-order valence-corrected chi connectivity index (χ3v) is 2.46. The molecule has 1 aromatic carbocycles. The van der Waals surface area contributed by atoms with Crippen LogP contribution in [0, 0.1) is 0 Å². The monoisotopic (exact) mass is 207 g/mol. The fourth-order valence-electron chi connectivity index (χ4n) is 1.68. The maximum atomic E-state index is 10.4. The first-order valence-electron chi connectivity index (χ1n) is 5.12. The molecular formula is C12H17NO2. The molecule has 0 heterocycles. The van der Waals surface area contributed by atoms with Crippen molar-refractivity contribution >= 4 is 5.97 Å². The van der Waals surface area contributed by atoms with Crippen molar-refractivity contribution in [2.45, 2.75) is 31.7 Å². The van der Waals surface area contributed by atoms with E-state index in [1.165, 1.54) is 5.56 Å². The number of carbonyl (C=O) groups is 1. The van der Waals surface area contributed by atoms with Gasteiger partial charge in [0, 0.05) is 6.04 Å². The van der Waals surface area contributed by atoms with Crippen LogP contribution in [0.2, 0.25) is 0 Å². The van der Waals surface area contributed by atoms with E-state index in [0.717, 1.165) is 0 Å². The maximum absolute atomic E-state index is 10.4. The molecule has 1 rings (SSSR count). The molecule has 0 fully saturated rings. The van der Waals surface area contributed by atoms with Gasteiger partial charge in [0.2, 0.25) is 0 Å². The summed E-state index contributed by atoms with van der Waals surface area (Å²) in [5.74, 6) is -0.525. The third-order valence-electron chi connectivity index (χ3n) is 2.46. The highest BCUT2D eigenvalue weighted by atomic mass is 16.4. The molecule has 3 N–H and O–H groups in total. The molecule has 0 aromatic heterocycles. The van der Waals surface area contributed by atoms with Gasteiger partial charge >= 0.3 is 5.97 Å². The van der Waals surface area contributed by atoms with Crippen LogP contribution in [-0.4, -0.2) is 17.1 Å². The van der Waals surface area contributed by atoms with Gasteiger partial charge in [-0.15, -0.1) is 0 Å². The van der Waals surface area contributed by atoms with Crippen molar-refractivity contribution in [2.75, 3.05) is 0 Å². The van der Waals surface area contributed by atoms with Gasteiger partial charge in [-0.05, 0) is 17.9 Å². The van der Waals surface area contributed by atoms with Crippen molar-refractivity contribution in [2.24, 2.45) is 5.73 Å². The highest BCUT2D eigenvalue weighted by Crippen LogP contribution is 2.20. The first-order chi connectivity index (χ1) is 7.09. The van der Waals surface area contributed by atoms with Crippen LogP contribution in [0.5, 0.6) is 0 Å². The number of carboxylic acids is 1. The highest BCUT2D eigenvalue weighted by molar-refractivity contribution is 5.67. The quantitative estimate of drug-likeness (QED) is 0.776. The van der Waals surface area contributed by atoms with E-state index >= 15 is 0 Å². The molecule has 15 heavy (non-hydrogen) atoms. The Morgan fingerprint density at radius 3 is 2.53 bits per heavy atom. The number of rotatable bonds is 5. The lowest BCUT2D eigenvalue weighted by atomic mass is 9.93. The standard InChI is InChI=1S/C12H17NO2/c1-9(7-11(13)8-12(14)15)10-5-3-2-4-6-10/h2-6,9,11H,7-8,13H2,1H3,(H,14,15). The van der Waals surface area contributed by atoms with Crippen molar-refractivity contribution in [3.05, 3.63) is 35.9 Å². The Morgan fingerprint density at radius 1 is 1.40 bits per heavy atom. The van der Waals surface area contributed by atoms with Crippen LogP contribution < -0.4 is 5.73 Å². The summed E-state index contributed by atoms with van der Waals surface area (Å²) in [6, 6.07) is 9.74. The lowest BCUT2D eigenvalue weighted by Crippen LogP contribution is -2.25. The summed E-state index contributed by atoms with van der Waals surface area (Å²) in [6.45, 7) is 2.07. The third kappa shape index (κ3) is 4.13. The average molecular weight is 207 g/mol. The summed E-state index contributed by atoms with van der Waals surface area (Å²) in [5, 5.41) is 8.59. The second kappa shape index (κ2) is 5.51. The number of nitrogens with two attached hydrogens (primary N) is 1. The molecule has 2 unspecified atom stereocenters. The Kier molecular flexibility index (Phi) is 4.31. The molecule has 3 heteroatoms. The van der Waals surface area contributed by atoms with Crippen LogP contribution in [0.25, 0.3) is 0 Å². The molecule has 3 nitrogen and oxygen atoms in total. The first-order valence-corrected chi connectivity index (χ1v) is 5.12. The lowest BCUT2D eigenvalue weighted by Gasteiger charge is -2.15. The van der Waals surface area contributed by atoms with E-state index in [1.807, 2.05) is 30.3 Å². The number of hydrogen-bond acceptors (Lipinski definition) is 2. The van der Waals surface area contributed by atoms with E-state index < -0.39 is 5.97 Å². The van der Waals surface area contributed by atoms with Gasteiger partial charge in [-0.25, -0.2) is 0 Å². The van der Waals surface area contributed by atoms with Crippen LogP contribution in [-0.2, 0) is 4.79 Å². The second-order valence-electron chi connectivity index (χ2n) is 3.91. The first kappa shape index (κ1) is 11.7. The van der Waals surface area contributed by atoms with E-state index in [1.54, 1.807) is 0 Å². The smallest absolute Gasteiger partial charge is 0.304 e. The number of hydrogen-bond donors (Lipinski definition) is 2. The Balaban J connectivity index is 2.49. The van der Waals surface area contributed by atoms with Crippen LogP contribution in [0.3, 0.4) is 0 Å². The molecule has 0 aliphatic heterocycles. The van der Waals surface area contributed by atoms with E-state index in [9.17, 15) is 4.79 Å². The van der Waals surface area contributed by atoms with Gasteiger partial charge in [-0.2, -0.15) is 0 Å². The number of benzene rings is 1. The van der Waals surface area contributed by atoms with E-state index in [2.05, 4.69) is 6.92 Å². The molecule has 0 aliphatic rings. The summed E-state index contributed by atoms with van der Waals surface area (Å²) in [7, 11) is 0. The molecular weight excluding hydrogens is 190 g/mol. The maximum Gasteiger partial charge on any atom is 0.304 e. The van der Waals surface area contributed by atoms with Crippen molar-refractivity contribution in [3.63, 3.8) is 0 Å². The summed E-state index contributed by atoms with van der Waals surface area (Å²) in [6.07, 6.45) is 0.744. The van der Waals surface area contributed by atoms with Crippen molar-refractivity contribution in [1.29, 1.82) is 0 Å². The van der Waals surface area contributed by atoms with Crippen molar-refractivity contribution in [3.8, 4) is 0 Å². The zero-order valence-corrected chi connectivity index (χ0v) is 8.89. The minimum atomic E-state index is -0.831. The zero-order chi connectivity index (χ0) is 11.3. The van der Waals surface area contributed by atoms with Gasteiger partial charge in [-0.1, -0.05) is 37.3 Å².